The number of rotatable bonds is 2. The predicted molar refractivity (Wildman–Crippen MR) is 89.4 cm³/mol. The van der Waals surface area contributed by atoms with Crippen LogP contribution in [0.3, 0.4) is 0 Å². The van der Waals surface area contributed by atoms with Crippen molar-refractivity contribution in [2.75, 3.05) is 5.32 Å². The average Bonchev–Trinajstić information content (AvgIpc) is 2.65. The Hall–Kier alpha value is -1.06. The number of hydrogen-bond donors (Lipinski definition) is 1. The van der Waals surface area contributed by atoms with Crippen molar-refractivity contribution in [2.45, 2.75) is 26.3 Å². The first-order valence-corrected chi connectivity index (χ1v) is 8.04. The molecule has 3 rings (SSSR count). The van der Waals surface area contributed by atoms with Crippen molar-refractivity contribution in [2.24, 2.45) is 5.41 Å². The molecule has 2 aromatic rings. The molecule has 0 bridgehead atoms. The number of halogens is 3. The lowest BCUT2D eigenvalue weighted by Gasteiger charge is -2.29. The first-order chi connectivity index (χ1) is 9.87. The normalized spacial score (nSPS) is 19.4. The maximum atomic E-state index is 13.4. The van der Waals surface area contributed by atoms with Crippen LogP contribution >= 0.6 is 27.5 Å². The highest BCUT2D eigenvalue weighted by Gasteiger charge is 2.39. The monoisotopic (exact) mass is 367 g/mol. The fraction of sp³-hybridized carbons (Fsp3) is 0.294. The van der Waals surface area contributed by atoms with Crippen LogP contribution in [0, 0.1) is 11.2 Å². The molecule has 1 aliphatic carbocycles. The molecule has 0 heterocycles. The average molecular weight is 369 g/mol. The summed E-state index contributed by atoms with van der Waals surface area (Å²) >= 11 is 9.38. The van der Waals surface area contributed by atoms with Crippen LogP contribution in [0.15, 0.2) is 40.9 Å². The lowest BCUT2D eigenvalue weighted by Crippen LogP contribution is -2.24. The predicted octanol–water partition coefficient (Wildman–Crippen LogP) is 5.98. The van der Waals surface area contributed by atoms with E-state index in [1.54, 1.807) is 12.1 Å². The van der Waals surface area contributed by atoms with E-state index in [-0.39, 0.29) is 17.3 Å². The minimum Gasteiger partial charge on any atom is -0.378 e. The van der Waals surface area contributed by atoms with Gasteiger partial charge in [-0.1, -0.05) is 31.5 Å². The largest absolute Gasteiger partial charge is 0.378 e. The molecule has 21 heavy (non-hydrogen) atoms. The molecule has 0 saturated heterocycles. The summed E-state index contributed by atoms with van der Waals surface area (Å²) in [6.07, 6.45) is 1.000. The molecular formula is C17H16BrClFN. The summed E-state index contributed by atoms with van der Waals surface area (Å²) < 4.78 is 13.8. The molecular weight excluding hydrogens is 353 g/mol. The summed E-state index contributed by atoms with van der Waals surface area (Å²) in [7, 11) is 0. The molecule has 1 N–H and O–H groups in total. The van der Waals surface area contributed by atoms with Crippen molar-refractivity contribution in [3.8, 4) is 0 Å². The fourth-order valence-electron chi connectivity index (χ4n) is 3.04. The Morgan fingerprint density at radius 1 is 1.24 bits per heavy atom. The Balaban J connectivity index is 1.97. The Bertz CT molecular complexity index is 699. The first kappa shape index (κ1) is 14.9. The lowest BCUT2D eigenvalue weighted by molar-refractivity contribution is 0.337. The van der Waals surface area contributed by atoms with Gasteiger partial charge in [0.2, 0.25) is 0 Å². The summed E-state index contributed by atoms with van der Waals surface area (Å²) in [6, 6.07) is 11.2. The molecule has 0 aliphatic heterocycles. The van der Waals surface area contributed by atoms with E-state index in [2.05, 4.69) is 41.2 Å². The maximum absolute atomic E-state index is 13.4. The van der Waals surface area contributed by atoms with Crippen LogP contribution in [-0.4, -0.2) is 0 Å². The van der Waals surface area contributed by atoms with Gasteiger partial charge in [0, 0.05) is 10.7 Å². The van der Waals surface area contributed by atoms with Crippen LogP contribution in [0.4, 0.5) is 10.1 Å². The molecule has 1 unspecified atom stereocenters. The molecule has 0 aromatic heterocycles. The Morgan fingerprint density at radius 2 is 2.00 bits per heavy atom. The van der Waals surface area contributed by atoms with E-state index in [0.717, 1.165) is 17.1 Å². The van der Waals surface area contributed by atoms with E-state index in [1.165, 1.54) is 17.2 Å². The lowest BCUT2D eigenvalue weighted by atomic mass is 9.85. The van der Waals surface area contributed by atoms with Crippen LogP contribution in [-0.2, 0) is 6.42 Å². The van der Waals surface area contributed by atoms with Gasteiger partial charge < -0.3 is 5.32 Å². The minimum atomic E-state index is -0.255. The minimum absolute atomic E-state index is 0.0773. The molecule has 0 fully saturated rings. The highest BCUT2D eigenvalue weighted by molar-refractivity contribution is 9.10. The highest BCUT2D eigenvalue weighted by Crippen LogP contribution is 2.47. The molecule has 110 valence electrons. The summed E-state index contributed by atoms with van der Waals surface area (Å²) in [4.78, 5) is 0. The number of nitrogens with one attached hydrogen (secondary N) is 1. The van der Waals surface area contributed by atoms with E-state index in [1.807, 2.05) is 12.1 Å². The molecule has 1 aliphatic rings. The number of benzene rings is 2. The van der Waals surface area contributed by atoms with Gasteiger partial charge in [0.15, 0.2) is 0 Å². The van der Waals surface area contributed by atoms with Crippen LogP contribution in [0.1, 0.15) is 31.0 Å². The van der Waals surface area contributed by atoms with Crippen molar-refractivity contribution in [3.63, 3.8) is 0 Å². The van der Waals surface area contributed by atoms with E-state index in [9.17, 15) is 4.39 Å². The number of anilines is 1. The van der Waals surface area contributed by atoms with Gasteiger partial charge >= 0.3 is 0 Å². The van der Waals surface area contributed by atoms with Gasteiger partial charge in [-0.3, -0.25) is 0 Å². The van der Waals surface area contributed by atoms with Gasteiger partial charge in [0.05, 0.1) is 10.5 Å². The van der Waals surface area contributed by atoms with Crippen molar-refractivity contribution < 1.29 is 4.39 Å². The van der Waals surface area contributed by atoms with Crippen LogP contribution < -0.4 is 5.32 Å². The molecule has 4 heteroatoms. The van der Waals surface area contributed by atoms with Crippen LogP contribution in [0.2, 0.25) is 5.02 Å². The quantitative estimate of drug-likeness (QED) is 0.688. The van der Waals surface area contributed by atoms with Gasteiger partial charge in [-0.25, -0.2) is 4.39 Å². The third kappa shape index (κ3) is 2.82. The molecule has 0 spiro atoms. The standard InChI is InChI=1S/C17H16BrClFN/c1-17(2)9-10-3-4-11(19)7-13(10)16(17)21-12-5-6-15(20)14(18)8-12/h3-8,16,21H,9H2,1-2H3. The summed E-state index contributed by atoms with van der Waals surface area (Å²) in [5.41, 5.74) is 3.53. The third-order valence-corrected chi connectivity index (χ3v) is 4.92. The first-order valence-electron chi connectivity index (χ1n) is 6.87. The summed E-state index contributed by atoms with van der Waals surface area (Å²) in [5.74, 6) is -0.255. The van der Waals surface area contributed by atoms with Gasteiger partial charge in [-0.15, -0.1) is 0 Å². The van der Waals surface area contributed by atoms with E-state index in [4.69, 9.17) is 11.6 Å². The molecule has 1 nitrogen and oxygen atoms in total. The van der Waals surface area contributed by atoms with Gasteiger partial charge in [0.25, 0.3) is 0 Å². The van der Waals surface area contributed by atoms with Crippen molar-refractivity contribution in [3.05, 3.63) is 62.8 Å². The van der Waals surface area contributed by atoms with Crippen molar-refractivity contribution in [1.82, 2.24) is 0 Å². The maximum Gasteiger partial charge on any atom is 0.137 e. The number of fused-ring (bicyclic) bond motifs is 1. The second kappa shape index (κ2) is 5.29. The van der Waals surface area contributed by atoms with Gasteiger partial charge in [-0.2, -0.15) is 0 Å². The molecule has 2 aromatic carbocycles. The van der Waals surface area contributed by atoms with Crippen molar-refractivity contribution in [1.29, 1.82) is 0 Å². The summed E-state index contributed by atoms with van der Waals surface area (Å²) in [6.45, 7) is 4.47. The van der Waals surface area contributed by atoms with Crippen LogP contribution in [0.5, 0.6) is 0 Å². The van der Waals surface area contributed by atoms with Gasteiger partial charge in [-0.05, 0) is 69.2 Å². The molecule has 0 saturated carbocycles. The highest BCUT2D eigenvalue weighted by atomic mass is 79.9. The van der Waals surface area contributed by atoms with Crippen molar-refractivity contribution >= 4 is 33.2 Å². The van der Waals surface area contributed by atoms with E-state index < -0.39 is 0 Å². The molecule has 1 atom stereocenters. The van der Waals surface area contributed by atoms with Gasteiger partial charge in [0.1, 0.15) is 5.82 Å². The third-order valence-electron chi connectivity index (χ3n) is 4.08. The second-order valence-corrected chi connectivity index (χ2v) is 7.51. The zero-order valence-corrected chi connectivity index (χ0v) is 14.2. The molecule has 0 amide bonds. The number of hydrogen-bond acceptors (Lipinski definition) is 1. The van der Waals surface area contributed by atoms with E-state index in [0.29, 0.717) is 4.47 Å². The molecule has 0 radical (unpaired) electrons. The fourth-order valence-corrected chi connectivity index (χ4v) is 3.59. The summed E-state index contributed by atoms with van der Waals surface area (Å²) in [5, 5.41) is 4.28. The SMILES string of the molecule is CC1(C)Cc2ccc(Cl)cc2C1Nc1ccc(F)c(Br)c1. The Kier molecular flexibility index (Phi) is 3.74. The van der Waals surface area contributed by atoms with Crippen LogP contribution in [0.25, 0.3) is 0 Å². The smallest absolute Gasteiger partial charge is 0.137 e. The zero-order chi connectivity index (χ0) is 15.2. The Morgan fingerprint density at radius 3 is 2.71 bits per heavy atom. The second-order valence-electron chi connectivity index (χ2n) is 6.21. The van der Waals surface area contributed by atoms with E-state index >= 15 is 0 Å². The Labute approximate surface area is 137 Å². The zero-order valence-electron chi connectivity index (χ0n) is 11.9. The topological polar surface area (TPSA) is 12.0 Å².